The number of nitrogens with zero attached hydrogens (tertiary/aromatic N) is 1. The molecule has 0 saturated heterocycles. The average molecular weight is 373 g/mol. The number of para-hydroxylation sites is 1. The third-order valence-corrected chi connectivity index (χ3v) is 5.56. The summed E-state index contributed by atoms with van der Waals surface area (Å²) in [6.45, 7) is 0. The first-order valence-corrected chi connectivity index (χ1v) is 9.67. The smallest absolute Gasteiger partial charge is 0.252 e. The fourth-order valence-electron chi connectivity index (χ4n) is 3.99. The van der Waals surface area contributed by atoms with E-state index in [2.05, 4.69) is 5.32 Å². The van der Waals surface area contributed by atoms with Crippen LogP contribution in [0.2, 0.25) is 0 Å². The summed E-state index contributed by atoms with van der Waals surface area (Å²) < 4.78 is 0. The van der Waals surface area contributed by atoms with Crippen LogP contribution in [0, 0.1) is 0 Å². The second kappa shape index (κ2) is 7.43. The van der Waals surface area contributed by atoms with Gasteiger partial charge < -0.3 is 11.1 Å². The minimum atomic E-state index is -0.966. The largest absolute Gasteiger partial charge is 0.368 e. The Morgan fingerprint density at radius 1 is 0.929 bits per heavy atom. The van der Waals surface area contributed by atoms with Gasteiger partial charge in [0.2, 0.25) is 5.91 Å². The Morgan fingerprint density at radius 3 is 2.32 bits per heavy atom. The van der Waals surface area contributed by atoms with Crippen LogP contribution in [-0.4, -0.2) is 22.3 Å². The maximum atomic E-state index is 13.3. The fraction of sp³-hybridized carbons (Fsp3) is 0.261. The number of carbonyl (C=O) groups excluding carboxylic acids is 2. The van der Waals surface area contributed by atoms with Gasteiger partial charge in [0.1, 0.15) is 5.54 Å². The Labute approximate surface area is 164 Å². The highest BCUT2D eigenvalue weighted by Crippen LogP contribution is 2.30. The number of hydrogen-bond donors (Lipinski definition) is 2. The zero-order chi connectivity index (χ0) is 19.6. The number of rotatable bonds is 4. The Hall–Kier alpha value is -3.21. The quantitative estimate of drug-likeness (QED) is 0.729. The molecule has 0 unspecified atom stereocenters. The number of nitrogens with one attached hydrogen (secondary N) is 1. The highest BCUT2D eigenvalue weighted by atomic mass is 16.2. The van der Waals surface area contributed by atoms with Crippen molar-refractivity contribution in [3.8, 4) is 11.3 Å². The molecule has 4 rings (SSSR count). The topological polar surface area (TPSA) is 85.1 Å². The third-order valence-electron chi connectivity index (χ3n) is 5.56. The fourth-order valence-corrected chi connectivity index (χ4v) is 3.99. The zero-order valence-electron chi connectivity index (χ0n) is 15.7. The van der Waals surface area contributed by atoms with E-state index in [9.17, 15) is 9.59 Å². The van der Waals surface area contributed by atoms with Crippen molar-refractivity contribution in [2.45, 2.75) is 37.6 Å². The van der Waals surface area contributed by atoms with Gasteiger partial charge in [0, 0.05) is 10.9 Å². The Bertz CT molecular complexity index is 1020. The van der Waals surface area contributed by atoms with Crippen LogP contribution in [0.1, 0.15) is 42.5 Å². The molecule has 2 aromatic carbocycles. The molecule has 0 bridgehead atoms. The molecule has 2 amide bonds. The van der Waals surface area contributed by atoms with Crippen LogP contribution >= 0.6 is 0 Å². The molecule has 0 spiro atoms. The van der Waals surface area contributed by atoms with Gasteiger partial charge in [-0.05, 0) is 25.0 Å². The van der Waals surface area contributed by atoms with Gasteiger partial charge in [-0.25, -0.2) is 4.98 Å². The number of benzene rings is 2. The first-order valence-electron chi connectivity index (χ1n) is 9.67. The van der Waals surface area contributed by atoms with Crippen LogP contribution in [0.4, 0.5) is 0 Å². The van der Waals surface area contributed by atoms with Gasteiger partial charge in [-0.1, -0.05) is 67.8 Å². The number of primary amides is 1. The summed E-state index contributed by atoms with van der Waals surface area (Å²) in [4.78, 5) is 30.2. The summed E-state index contributed by atoms with van der Waals surface area (Å²) in [5.41, 5.74) is 7.64. The van der Waals surface area contributed by atoms with Crippen LogP contribution in [0.25, 0.3) is 22.2 Å². The summed E-state index contributed by atoms with van der Waals surface area (Å²) in [6.07, 6.45) is 4.00. The highest BCUT2D eigenvalue weighted by Gasteiger charge is 2.39. The number of aromatic nitrogens is 1. The van der Waals surface area contributed by atoms with Crippen LogP contribution in [0.5, 0.6) is 0 Å². The van der Waals surface area contributed by atoms with E-state index in [1.165, 1.54) is 0 Å². The molecule has 5 nitrogen and oxygen atoms in total. The van der Waals surface area contributed by atoms with Crippen LogP contribution < -0.4 is 11.1 Å². The Kier molecular flexibility index (Phi) is 4.82. The van der Waals surface area contributed by atoms with Crippen molar-refractivity contribution in [3.05, 3.63) is 66.2 Å². The van der Waals surface area contributed by atoms with Crippen molar-refractivity contribution in [1.82, 2.24) is 10.3 Å². The monoisotopic (exact) mass is 373 g/mol. The van der Waals surface area contributed by atoms with E-state index >= 15 is 0 Å². The Morgan fingerprint density at radius 2 is 1.61 bits per heavy atom. The van der Waals surface area contributed by atoms with Gasteiger partial charge in [-0.2, -0.15) is 0 Å². The molecule has 142 valence electrons. The molecule has 1 fully saturated rings. The summed E-state index contributed by atoms with van der Waals surface area (Å²) in [5.74, 6) is -0.737. The van der Waals surface area contributed by atoms with E-state index in [1.54, 1.807) is 6.07 Å². The van der Waals surface area contributed by atoms with E-state index in [1.807, 2.05) is 54.6 Å². The second-order valence-electron chi connectivity index (χ2n) is 7.40. The number of nitrogens with two attached hydrogens (primary N) is 1. The maximum Gasteiger partial charge on any atom is 0.252 e. The van der Waals surface area contributed by atoms with Crippen molar-refractivity contribution in [3.63, 3.8) is 0 Å². The minimum Gasteiger partial charge on any atom is -0.368 e. The van der Waals surface area contributed by atoms with Gasteiger partial charge in [-0.15, -0.1) is 0 Å². The summed E-state index contributed by atoms with van der Waals surface area (Å²) >= 11 is 0. The molecule has 1 aliphatic carbocycles. The van der Waals surface area contributed by atoms with Crippen LogP contribution in [0.15, 0.2) is 60.7 Å². The summed E-state index contributed by atoms with van der Waals surface area (Å²) in [5, 5.41) is 3.74. The SMILES string of the molecule is NC(=O)C1(NC(=O)c2cc(-c3ccccc3)nc3ccccc23)CCCCC1. The number of amides is 2. The van der Waals surface area contributed by atoms with Crippen molar-refractivity contribution in [1.29, 1.82) is 0 Å². The summed E-state index contributed by atoms with van der Waals surface area (Å²) in [6, 6.07) is 19.1. The van der Waals surface area contributed by atoms with Gasteiger partial charge in [0.25, 0.3) is 5.91 Å². The van der Waals surface area contributed by atoms with Crippen LogP contribution in [0.3, 0.4) is 0 Å². The molecule has 0 aliphatic heterocycles. The number of hydrogen-bond acceptors (Lipinski definition) is 3. The number of pyridine rings is 1. The molecule has 1 aromatic heterocycles. The van der Waals surface area contributed by atoms with Gasteiger partial charge >= 0.3 is 0 Å². The van der Waals surface area contributed by atoms with Crippen molar-refractivity contribution in [2.75, 3.05) is 0 Å². The summed E-state index contributed by atoms with van der Waals surface area (Å²) in [7, 11) is 0. The number of carbonyl (C=O) groups is 2. The lowest BCUT2D eigenvalue weighted by atomic mass is 9.80. The molecule has 1 heterocycles. The lowest BCUT2D eigenvalue weighted by molar-refractivity contribution is -0.125. The van der Waals surface area contributed by atoms with Crippen molar-refractivity contribution in [2.24, 2.45) is 5.73 Å². The molecule has 0 atom stereocenters. The van der Waals surface area contributed by atoms with Crippen molar-refractivity contribution < 1.29 is 9.59 Å². The second-order valence-corrected chi connectivity index (χ2v) is 7.40. The van der Waals surface area contributed by atoms with E-state index < -0.39 is 11.4 Å². The van der Waals surface area contributed by atoms with Crippen molar-refractivity contribution >= 4 is 22.7 Å². The highest BCUT2D eigenvalue weighted by molar-refractivity contribution is 6.08. The van der Waals surface area contributed by atoms with E-state index in [0.29, 0.717) is 18.4 Å². The molecule has 5 heteroatoms. The normalized spacial score (nSPS) is 15.9. The predicted molar refractivity (Wildman–Crippen MR) is 110 cm³/mol. The van der Waals surface area contributed by atoms with E-state index in [-0.39, 0.29) is 5.91 Å². The molecule has 3 aromatic rings. The van der Waals surface area contributed by atoms with E-state index in [0.717, 1.165) is 41.4 Å². The maximum absolute atomic E-state index is 13.3. The van der Waals surface area contributed by atoms with E-state index in [4.69, 9.17) is 10.7 Å². The molecule has 1 aliphatic rings. The minimum absolute atomic E-state index is 0.281. The van der Waals surface area contributed by atoms with Gasteiger partial charge in [-0.3, -0.25) is 9.59 Å². The molecular formula is C23H23N3O2. The third kappa shape index (κ3) is 3.36. The molecule has 3 N–H and O–H groups in total. The van der Waals surface area contributed by atoms with Gasteiger partial charge in [0.15, 0.2) is 0 Å². The molecule has 0 radical (unpaired) electrons. The lowest BCUT2D eigenvalue weighted by Crippen LogP contribution is -2.58. The first-order chi connectivity index (χ1) is 13.6. The lowest BCUT2D eigenvalue weighted by Gasteiger charge is -2.35. The number of fused-ring (bicyclic) bond motifs is 1. The average Bonchev–Trinajstić information content (AvgIpc) is 2.74. The molecule has 1 saturated carbocycles. The first kappa shape index (κ1) is 18.2. The standard InChI is InChI=1S/C23H23N3O2/c24-22(28)23(13-7-2-8-14-23)26-21(27)18-15-20(16-9-3-1-4-10-16)25-19-12-6-5-11-17(18)19/h1,3-6,9-12,15H,2,7-8,13-14H2,(H2,24,28)(H,26,27). The predicted octanol–water partition coefficient (Wildman–Crippen LogP) is 3.82. The Balaban J connectivity index is 1.78. The van der Waals surface area contributed by atoms with Gasteiger partial charge in [0.05, 0.1) is 16.8 Å². The molecule has 28 heavy (non-hydrogen) atoms. The zero-order valence-corrected chi connectivity index (χ0v) is 15.7. The molecular weight excluding hydrogens is 350 g/mol. The van der Waals surface area contributed by atoms with Crippen LogP contribution in [-0.2, 0) is 4.79 Å².